The van der Waals surface area contributed by atoms with Crippen LogP contribution in [0.2, 0.25) is 0 Å². The minimum absolute atomic E-state index is 0.0655. The van der Waals surface area contributed by atoms with Crippen LogP contribution in [-0.2, 0) is 9.59 Å². The molecule has 1 unspecified atom stereocenters. The number of rotatable bonds is 4. The van der Waals surface area contributed by atoms with Crippen molar-refractivity contribution in [3.05, 3.63) is 29.8 Å². The van der Waals surface area contributed by atoms with Crippen LogP contribution in [0.1, 0.15) is 37.7 Å². The zero-order valence-corrected chi connectivity index (χ0v) is 10.4. The average molecular weight is 247 g/mol. The van der Waals surface area contributed by atoms with Gasteiger partial charge in [0.15, 0.2) is 0 Å². The topological polar surface area (TPSA) is 57.6 Å². The summed E-state index contributed by atoms with van der Waals surface area (Å²) in [6.07, 6.45) is 2.00. The maximum atomic E-state index is 12.0. The molecule has 0 fully saturated rings. The Bertz CT molecular complexity index is 470. The number of anilines is 1. The van der Waals surface area contributed by atoms with Gasteiger partial charge in [0.05, 0.1) is 5.92 Å². The highest BCUT2D eigenvalue weighted by atomic mass is 16.4. The highest BCUT2D eigenvalue weighted by Gasteiger charge is 2.34. The summed E-state index contributed by atoms with van der Waals surface area (Å²) in [5, 5.41) is 9.19. The lowest BCUT2D eigenvalue weighted by molar-refractivity contribution is -0.140. The van der Waals surface area contributed by atoms with Gasteiger partial charge in [-0.05, 0) is 18.1 Å². The van der Waals surface area contributed by atoms with E-state index < -0.39 is 11.9 Å². The summed E-state index contributed by atoms with van der Waals surface area (Å²) < 4.78 is 0. The lowest BCUT2D eigenvalue weighted by atomic mass is 9.89. The van der Waals surface area contributed by atoms with E-state index in [1.807, 2.05) is 18.2 Å². The number of hydrogen-bond acceptors (Lipinski definition) is 2. The molecule has 2 rings (SSSR count). The molecule has 1 atom stereocenters. The van der Waals surface area contributed by atoms with Crippen LogP contribution < -0.4 is 4.90 Å². The monoisotopic (exact) mass is 247 g/mol. The molecule has 1 heterocycles. The maximum absolute atomic E-state index is 12.0. The molecule has 96 valence electrons. The number of nitrogens with zero attached hydrogens (tertiary/aromatic N) is 1. The van der Waals surface area contributed by atoms with Crippen LogP contribution >= 0.6 is 0 Å². The first kappa shape index (κ1) is 12.6. The molecular weight excluding hydrogens is 230 g/mol. The van der Waals surface area contributed by atoms with Gasteiger partial charge in [0.2, 0.25) is 5.91 Å². The number of unbranched alkanes of at least 4 members (excludes halogenated alkanes) is 1. The summed E-state index contributed by atoms with van der Waals surface area (Å²) in [5.74, 6) is -1.72. The second-order valence-corrected chi connectivity index (χ2v) is 4.55. The molecule has 1 aliphatic heterocycles. The van der Waals surface area contributed by atoms with Crippen LogP contribution in [0.5, 0.6) is 0 Å². The number of carbonyl (C=O) groups is 2. The number of aliphatic carboxylic acids is 1. The van der Waals surface area contributed by atoms with E-state index in [4.69, 9.17) is 0 Å². The number of amides is 1. The fourth-order valence-electron chi connectivity index (χ4n) is 2.34. The number of carbonyl (C=O) groups excluding carboxylic acids is 1. The molecule has 0 aromatic heterocycles. The number of carboxylic acids is 1. The van der Waals surface area contributed by atoms with Gasteiger partial charge in [0, 0.05) is 18.7 Å². The molecule has 1 aromatic rings. The number of benzene rings is 1. The van der Waals surface area contributed by atoms with E-state index in [9.17, 15) is 14.7 Å². The third-order valence-electron chi connectivity index (χ3n) is 3.32. The second kappa shape index (κ2) is 5.21. The minimum Gasteiger partial charge on any atom is -0.481 e. The van der Waals surface area contributed by atoms with Crippen molar-refractivity contribution in [2.24, 2.45) is 0 Å². The predicted molar refractivity (Wildman–Crippen MR) is 68.7 cm³/mol. The fraction of sp³-hybridized carbons (Fsp3) is 0.429. The molecule has 1 amide bonds. The van der Waals surface area contributed by atoms with Crippen molar-refractivity contribution in [2.75, 3.05) is 11.4 Å². The molecular formula is C14H17NO3. The van der Waals surface area contributed by atoms with Crippen molar-refractivity contribution in [3.8, 4) is 0 Å². The van der Waals surface area contributed by atoms with Crippen molar-refractivity contribution in [2.45, 2.75) is 32.1 Å². The summed E-state index contributed by atoms with van der Waals surface area (Å²) >= 11 is 0. The Hall–Kier alpha value is -1.84. The number of hydrogen-bond donors (Lipinski definition) is 1. The number of carboxylic acid groups (broad SMARTS) is 1. The first-order chi connectivity index (χ1) is 8.65. The molecule has 1 aliphatic rings. The van der Waals surface area contributed by atoms with E-state index in [0.29, 0.717) is 6.54 Å². The van der Waals surface area contributed by atoms with E-state index in [1.165, 1.54) is 0 Å². The SMILES string of the molecule is CCCCN1C(=O)CC(C(=O)O)c2ccccc21. The Morgan fingerprint density at radius 1 is 1.44 bits per heavy atom. The minimum atomic E-state index is -0.925. The van der Waals surface area contributed by atoms with Gasteiger partial charge in [-0.15, -0.1) is 0 Å². The molecule has 0 spiro atoms. The van der Waals surface area contributed by atoms with E-state index in [-0.39, 0.29) is 12.3 Å². The number of fused-ring (bicyclic) bond motifs is 1. The van der Waals surface area contributed by atoms with Crippen LogP contribution in [-0.4, -0.2) is 23.5 Å². The van der Waals surface area contributed by atoms with Crippen molar-refractivity contribution in [3.63, 3.8) is 0 Å². The largest absolute Gasteiger partial charge is 0.481 e. The molecule has 4 nitrogen and oxygen atoms in total. The van der Waals surface area contributed by atoms with Gasteiger partial charge in [-0.2, -0.15) is 0 Å². The molecule has 1 aromatic carbocycles. The van der Waals surface area contributed by atoms with Gasteiger partial charge in [0.1, 0.15) is 0 Å². The standard InChI is InChI=1S/C14H17NO3/c1-2-3-8-15-12-7-5-4-6-10(12)11(14(17)18)9-13(15)16/h4-7,11H,2-3,8-9H2,1H3,(H,17,18). The highest BCUT2D eigenvalue weighted by Crippen LogP contribution is 2.36. The highest BCUT2D eigenvalue weighted by molar-refractivity contribution is 6.01. The Balaban J connectivity index is 2.38. The summed E-state index contributed by atoms with van der Waals surface area (Å²) in [7, 11) is 0. The van der Waals surface area contributed by atoms with Crippen molar-refractivity contribution in [1.82, 2.24) is 0 Å². The molecule has 0 bridgehead atoms. The second-order valence-electron chi connectivity index (χ2n) is 4.55. The Kier molecular flexibility index (Phi) is 3.65. The zero-order chi connectivity index (χ0) is 13.1. The lowest BCUT2D eigenvalue weighted by Crippen LogP contribution is -2.39. The van der Waals surface area contributed by atoms with Gasteiger partial charge in [-0.3, -0.25) is 9.59 Å². The third-order valence-corrected chi connectivity index (χ3v) is 3.32. The van der Waals surface area contributed by atoms with Crippen LogP contribution in [0, 0.1) is 0 Å². The first-order valence-electron chi connectivity index (χ1n) is 6.27. The van der Waals surface area contributed by atoms with E-state index in [1.54, 1.807) is 11.0 Å². The lowest BCUT2D eigenvalue weighted by Gasteiger charge is -2.32. The maximum Gasteiger partial charge on any atom is 0.311 e. The van der Waals surface area contributed by atoms with Crippen molar-refractivity contribution in [1.29, 1.82) is 0 Å². The first-order valence-corrected chi connectivity index (χ1v) is 6.27. The number of para-hydroxylation sites is 1. The van der Waals surface area contributed by atoms with Crippen molar-refractivity contribution < 1.29 is 14.7 Å². The quantitative estimate of drug-likeness (QED) is 0.888. The van der Waals surface area contributed by atoms with Gasteiger partial charge in [-0.25, -0.2) is 0 Å². The van der Waals surface area contributed by atoms with Crippen molar-refractivity contribution >= 4 is 17.6 Å². The average Bonchev–Trinajstić information content (AvgIpc) is 2.36. The van der Waals surface area contributed by atoms with Crippen LogP contribution in [0.25, 0.3) is 0 Å². The summed E-state index contributed by atoms with van der Waals surface area (Å²) in [4.78, 5) is 25.0. The summed E-state index contributed by atoms with van der Waals surface area (Å²) in [6.45, 7) is 2.74. The van der Waals surface area contributed by atoms with Crippen LogP contribution in [0.15, 0.2) is 24.3 Å². The van der Waals surface area contributed by atoms with Crippen LogP contribution in [0.4, 0.5) is 5.69 Å². The Morgan fingerprint density at radius 2 is 2.17 bits per heavy atom. The molecule has 0 saturated carbocycles. The molecule has 4 heteroatoms. The molecule has 0 radical (unpaired) electrons. The van der Waals surface area contributed by atoms with Crippen LogP contribution in [0.3, 0.4) is 0 Å². The Morgan fingerprint density at radius 3 is 2.83 bits per heavy atom. The van der Waals surface area contributed by atoms with E-state index >= 15 is 0 Å². The van der Waals surface area contributed by atoms with Gasteiger partial charge in [-0.1, -0.05) is 31.5 Å². The van der Waals surface area contributed by atoms with Gasteiger partial charge >= 0.3 is 5.97 Å². The van der Waals surface area contributed by atoms with Gasteiger partial charge in [0.25, 0.3) is 0 Å². The molecule has 0 aliphatic carbocycles. The summed E-state index contributed by atoms with van der Waals surface area (Å²) in [5.41, 5.74) is 1.51. The smallest absolute Gasteiger partial charge is 0.311 e. The molecule has 0 saturated heterocycles. The third kappa shape index (κ3) is 2.23. The van der Waals surface area contributed by atoms with E-state index in [2.05, 4.69) is 6.92 Å². The molecule has 1 N–H and O–H groups in total. The van der Waals surface area contributed by atoms with Gasteiger partial charge < -0.3 is 10.0 Å². The fourth-order valence-corrected chi connectivity index (χ4v) is 2.34. The Labute approximate surface area is 106 Å². The normalized spacial score (nSPS) is 18.6. The van der Waals surface area contributed by atoms with E-state index in [0.717, 1.165) is 24.1 Å². The predicted octanol–water partition coefficient (Wildman–Crippen LogP) is 2.39. The molecule has 18 heavy (non-hydrogen) atoms. The summed E-state index contributed by atoms with van der Waals surface area (Å²) in [6, 6.07) is 7.30. The zero-order valence-electron chi connectivity index (χ0n) is 10.4.